The molecule has 6 aliphatic rings. The summed E-state index contributed by atoms with van der Waals surface area (Å²) < 4.78 is 34.0. The third kappa shape index (κ3) is 8.41. The van der Waals surface area contributed by atoms with Gasteiger partial charge in [-0.05, 0) is 76.3 Å². The number of nitrogens with one attached hydrogen (secondary N) is 2. The van der Waals surface area contributed by atoms with Gasteiger partial charge in [-0.15, -0.1) is 11.3 Å². The van der Waals surface area contributed by atoms with E-state index in [1.165, 1.54) is 11.3 Å². The number of esters is 1. The average molecular weight is 835 g/mol. The van der Waals surface area contributed by atoms with Gasteiger partial charge in [0.25, 0.3) is 11.8 Å². The van der Waals surface area contributed by atoms with Gasteiger partial charge in [-0.2, -0.15) is 0 Å². The smallest absolute Gasteiger partial charge is 0.306 e. The van der Waals surface area contributed by atoms with E-state index < -0.39 is 62.4 Å². The van der Waals surface area contributed by atoms with Gasteiger partial charge in [0.2, 0.25) is 21.8 Å². The molecule has 2 aromatic rings. The van der Waals surface area contributed by atoms with E-state index in [-0.39, 0.29) is 49.8 Å². The van der Waals surface area contributed by atoms with E-state index in [0.29, 0.717) is 37.8 Å². The molecular weight excluding hydrogens is 781 g/mol. The number of carbonyl (C=O) groups is 5. The number of hydrogen-bond donors (Lipinski definition) is 2. The van der Waals surface area contributed by atoms with Crippen molar-refractivity contribution in [1.29, 1.82) is 0 Å². The van der Waals surface area contributed by atoms with E-state index in [2.05, 4.69) is 10.0 Å². The second kappa shape index (κ2) is 16.4. The number of allylic oxidation sites excluding steroid dienone is 1. The van der Waals surface area contributed by atoms with E-state index in [4.69, 9.17) is 9.72 Å². The van der Waals surface area contributed by atoms with Crippen molar-refractivity contribution >= 4 is 56.1 Å². The first-order chi connectivity index (χ1) is 27.8. The summed E-state index contributed by atoms with van der Waals surface area (Å²) in [6.07, 6.45) is 12.0. The highest BCUT2D eigenvalue weighted by molar-refractivity contribution is 7.91. The second-order valence-electron chi connectivity index (χ2n) is 17.4. The molecule has 4 amide bonds. The molecule has 58 heavy (non-hydrogen) atoms. The zero-order chi connectivity index (χ0) is 40.8. The van der Waals surface area contributed by atoms with Crippen LogP contribution in [0.1, 0.15) is 93.8 Å². The molecule has 0 radical (unpaired) electrons. The summed E-state index contributed by atoms with van der Waals surface area (Å²) in [6, 6.07) is 6.28. The van der Waals surface area contributed by atoms with Crippen molar-refractivity contribution < 1.29 is 37.1 Å². The highest BCUT2D eigenvalue weighted by Gasteiger charge is 2.63. The number of nitrogens with zero attached hydrogens (tertiary/aromatic N) is 4. The summed E-state index contributed by atoms with van der Waals surface area (Å²) in [5, 5.41) is 5.15. The van der Waals surface area contributed by atoms with Gasteiger partial charge in [-0.25, -0.2) is 13.4 Å². The second-order valence-corrected chi connectivity index (χ2v) is 20.2. The fourth-order valence-electron chi connectivity index (χ4n) is 9.41. The highest BCUT2D eigenvalue weighted by Crippen LogP contribution is 2.47. The zero-order valence-electron chi connectivity index (χ0n) is 33.3. The maximum atomic E-state index is 14.8. The number of rotatable bonds is 9. The lowest BCUT2D eigenvalue weighted by Gasteiger charge is -2.32. The van der Waals surface area contributed by atoms with Gasteiger partial charge in [-0.1, -0.05) is 37.1 Å². The summed E-state index contributed by atoms with van der Waals surface area (Å²) in [5.74, 6) is -4.06. The molecule has 3 aliphatic carbocycles. The predicted molar refractivity (Wildman–Crippen MR) is 218 cm³/mol. The summed E-state index contributed by atoms with van der Waals surface area (Å²) >= 11 is 1.51. The van der Waals surface area contributed by atoms with Crippen LogP contribution in [0.4, 0.5) is 5.13 Å². The molecule has 2 N–H and O–H groups in total. The number of carbonyl (C=O) groups excluding carboxylic acids is 5. The van der Waals surface area contributed by atoms with Crippen LogP contribution in [0, 0.1) is 23.7 Å². The Bertz CT molecular complexity index is 2080. The maximum Gasteiger partial charge on any atom is 0.306 e. The number of aromatic nitrogens is 1. The Morgan fingerprint density at radius 2 is 1.79 bits per heavy atom. The third-order valence-electron chi connectivity index (χ3n) is 12.9. The van der Waals surface area contributed by atoms with Crippen molar-refractivity contribution in [2.45, 2.75) is 106 Å². The van der Waals surface area contributed by atoms with E-state index in [1.807, 2.05) is 54.7 Å². The van der Waals surface area contributed by atoms with Crippen molar-refractivity contribution in [3.63, 3.8) is 0 Å². The lowest BCUT2D eigenvalue weighted by atomic mass is 9.92. The van der Waals surface area contributed by atoms with E-state index in [0.717, 1.165) is 61.3 Å². The SMILES string of the molecule is CN(C)c1nc(-c2cccc(C(=O)N3C[C@H]4CN5C(=O)[C@@H](CC(=O)OC6CCCC6)CCCCC/C=C\[C@@H]6C[C@@]6(C(=O)NS(=O)(=O)C6CC6)NC(=O)[C@@H]5[C@H]4C3)c2)cs1. The Morgan fingerprint density at radius 1 is 1.02 bits per heavy atom. The van der Waals surface area contributed by atoms with E-state index in [9.17, 15) is 32.4 Å². The van der Waals surface area contributed by atoms with Crippen LogP contribution in [0.5, 0.6) is 0 Å². The third-order valence-corrected chi connectivity index (χ3v) is 15.7. The van der Waals surface area contributed by atoms with Gasteiger partial charge in [0.15, 0.2) is 5.13 Å². The van der Waals surface area contributed by atoms with E-state index >= 15 is 0 Å². The topological polar surface area (TPSA) is 175 Å². The average Bonchev–Trinajstić information content (AvgIpc) is 3.85. The first-order valence-electron chi connectivity index (χ1n) is 20.9. The standard InChI is InChI=1S/C42H54N6O8S2/c1-46(2)41-43-34(25-57-41)26-12-10-13-27(19-26)38(51)47-22-29-23-48-36(33(29)24-47)37(50)44-42(40(53)45-58(54,55)32-17-18-32)21-30(42)14-7-5-3-4-6-11-28(39(48)52)20-35(49)56-31-15-8-9-16-31/h7,10,12-14,19,25,28-33,36H,3-6,8-9,11,15-18,20-24H2,1-2H3,(H,44,50)(H,45,53)/b14-7-/t28-,29+,30-,33+,36+,42-/m1/s1. The Labute approximate surface area is 344 Å². The molecule has 3 saturated carbocycles. The highest BCUT2D eigenvalue weighted by atomic mass is 32.2. The Balaban J connectivity index is 1.07. The van der Waals surface area contributed by atoms with Gasteiger partial charge in [-0.3, -0.25) is 28.7 Å². The first kappa shape index (κ1) is 40.5. The molecule has 6 atom stereocenters. The molecule has 0 unspecified atom stereocenters. The van der Waals surface area contributed by atoms with Crippen molar-refractivity contribution in [3.8, 4) is 11.3 Å². The quantitative estimate of drug-likeness (QED) is 0.274. The molecule has 5 fully saturated rings. The van der Waals surface area contributed by atoms with Crippen LogP contribution in [0.15, 0.2) is 41.8 Å². The summed E-state index contributed by atoms with van der Waals surface area (Å²) in [4.78, 5) is 80.7. The molecule has 16 heteroatoms. The molecule has 1 aromatic heterocycles. The van der Waals surface area contributed by atoms with Crippen LogP contribution in [-0.4, -0.2) is 109 Å². The van der Waals surface area contributed by atoms with Crippen molar-refractivity contribution in [3.05, 3.63) is 47.4 Å². The van der Waals surface area contributed by atoms with Crippen molar-refractivity contribution in [1.82, 2.24) is 24.8 Å². The fourth-order valence-corrected chi connectivity index (χ4v) is 11.5. The number of fused-ring (bicyclic) bond motifs is 4. The van der Waals surface area contributed by atoms with Gasteiger partial charge in [0.05, 0.1) is 17.4 Å². The Kier molecular flexibility index (Phi) is 11.4. The Hall–Kier alpha value is -4.31. The minimum absolute atomic E-state index is 0.0845. The molecule has 0 bridgehead atoms. The van der Waals surface area contributed by atoms with Crippen LogP contribution in [-0.2, 0) is 33.9 Å². The maximum absolute atomic E-state index is 14.8. The fraction of sp³-hybridized carbons (Fsp3) is 0.619. The summed E-state index contributed by atoms with van der Waals surface area (Å²) in [6.45, 7) is 0.710. The first-order valence-corrected chi connectivity index (χ1v) is 23.3. The Morgan fingerprint density at radius 3 is 2.53 bits per heavy atom. The van der Waals surface area contributed by atoms with Crippen LogP contribution in [0.3, 0.4) is 0 Å². The minimum atomic E-state index is -3.90. The largest absolute Gasteiger partial charge is 0.462 e. The van der Waals surface area contributed by atoms with E-state index in [1.54, 1.807) is 15.9 Å². The molecule has 312 valence electrons. The molecule has 0 spiro atoms. The lowest BCUT2D eigenvalue weighted by Crippen LogP contribution is -2.58. The van der Waals surface area contributed by atoms with Crippen molar-refractivity contribution in [2.24, 2.45) is 23.7 Å². The number of benzene rings is 1. The molecule has 8 rings (SSSR count). The van der Waals surface area contributed by atoms with Gasteiger partial charge < -0.3 is 24.8 Å². The summed E-state index contributed by atoms with van der Waals surface area (Å²) in [7, 11) is -0.0502. The number of hydrogen-bond acceptors (Lipinski definition) is 11. The number of sulfonamides is 1. The van der Waals surface area contributed by atoms with Gasteiger partial charge in [0, 0.05) is 73.9 Å². The monoisotopic (exact) mass is 834 g/mol. The zero-order valence-corrected chi connectivity index (χ0v) is 34.9. The normalized spacial score (nSPS) is 29.7. The molecular formula is C42H54N6O8S2. The van der Waals surface area contributed by atoms with Crippen LogP contribution < -0.4 is 14.9 Å². The molecule has 1 aromatic carbocycles. The van der Waals surface area contributed by atoms with Crippen molar-refractivity contribution in [2.75, 3.05) is 38.6 Å². The van der Waals surface area contributed by atoms with Gasteiger partial charge in [0.1, 0.15) is 17.7 Å². The number of anilines is 1. The number of amides is 4. The lowest BCUT2D eigenvalue weighted by molar-refractivity contribution is -0.154. The number of thiazole rings is 1. The molecule has 4 heterocycles. The molecule has 3 aliphatic heterocycles. The van der Waals surface area contributed by atoms with Crippen LogP contribution >= 0.6 is 11.3 Å². The predicted octanol–water partition coefficient (Wildman–Crippen LogP) is 4.27. The number of likely N-dealkylation sites (tertiary alicyclic amines) is 1. The van der Waals surface area contributed by atoms with Gasteiger partial charge >= 0.3 is 5.97 Å². The van der Waals surface area contributed by atoms with Crippen LogP contribution in [0.2, 0.25) is 0 Å². The van der Waals surface area contributed by atoms with Crippen LogP contribution in [0.25, 0.3) is 11.3 Å². The summed E-state index contributed by atoms with van der Waals surface area (Å²) in [5.41, 5.74) is 0.562. The minimum Gasteiger partial charge on any atom is -0.462 e. The molecule has 2 saturated heterocycles. The molecule has 14 nitrogen and oxygen atoms in total. The number of ether oxygens (including phenoxy) is 1.